The summed E-state index contributed by atoms with van der Waals surface area (Å²) in [5.41, 5.74) is -0.764. The van der Waals surface area contributed by atoms with E-state index >= 15 is 0 Å². The first kappa shape index (κ1) is 13.3. The SMILES string of the molecule is CCN(CCC#N)c1ncccc1C(F)(F)F. The zero-order chi connectivity index (χ0) is 12.9. The summed E-state index contributed by atoms with van der Waals surface area (Å²) in [7, 11) is 0. The minimum Gasteiger partial charge on any atom is -0.355 e. The van der Waals surface area contributed by atoms with E-state index in [1.54, 1.807) is 6.92 Å². The van der Waals surface area contributed by atoms with Gasteiger partial charge in [-0.2, -0.15) is 18.4 Å². The molecular weight excluding hydrogens is 231 g/mol. The predicted molar refractivity (Wildman–Crippen MR) is 57.4 cm³/mol. The van der Waals surface area contributed by atoms with Crippen molar-refractivity contribution in [2.45, 2.75) is 19.5 Å². The van der Waals surface area contributed by atoms with Gasteiger partial charge in [-0.15, -0.1) is 0 Å². The van der Waals surface area contributed by atoms with Gasteiger partial charge in [-0.25, -0.2) is 4.98 Å². The Morgan fingerprint density at radius 3 is 2.71 bits per heavy atom. The Labute approximate surface area is 97.5 Å². The van der Waals surface area contributed by atoms with Gasteiger partial charge in [0.1, 0.15) is 5.82 Å². The Balaban J connectivity index is 3.07. The number of hydrogen-bond acceptors (Lipinski definition) is 3. The molecule has 0 unspecified atom stereocenters. The third-order valence-corrected chi connectivity index (χ3v) is 2.27. The van der Waals surface area contributed by atoms with Crippen LogP contribution in [0.5, 0.6) is 0 Å². The molecule has 3 nitrogen and oxygen atoms in total. The Morgan fingerprint density at radius 1 is 1.47 bits per heavy atom. The number of halogens is 3. The third kappa shape index (κ3) is 3.34. The maximum Gasteiger partial charge on any atom is 0.419 e. The molecule has 1 aromatic rings. The minimum absolute atomic E-state index is 0.113. The molecule has 0 bridgehead atoms. The first-order valence-corrected chi connectivity index (χ1v) is 5.14. The number of alkyl halides is 3. The Morgan fingerprint density at radius 2 is 2.18 bits per heavy atom. The molecular formula is C11H12F3N3. The fourth-order valence-corrected chi connectivity index (χ4v) is 1.47. The monoisotopic (exact) mass is 243 g/mol. The number of nitriles is 1. The third-order valence-electron chi connectivity index (χ3n) is 2.27. The van der Waals surface area contributed by atoms with Crippen LogP contribution in [0.15, 0.2) is 18.3 Å². The number of pyridine rings is 1. The first-order chi connectivity index (χ1) is 8.00. The van der Waals surface area contributed by atoms with Crippen LogP contribution in [0.25, 0.3) is 0 Å². The summed E-state index contributed by atoms with van der Waals surface area (Å²) >= 11 is 0. The van der Waals surface area contributed by atoms with Crippen molar-refractivity contribution >= 4 is 5.82 Å². The number of nitrogens with zero attached hydrogens (tertiary/aromatic N) is 3. The molecule has 0 atom stereocenters. The highest BCUT2D eigenvalue weighted by Gasteiger charge is 2.35. The van der Waals surface area contributed by atoms with Crippen LogP contribution < -0.4 is 4.90 Å². The molecule has 0 aromatic carbocycles. The molecule has 0 radical (unpaired) electrons. The molecule has 0 saturated carbocycles. The predicted octanol–water partition coefficient (Wildman–Crippen LogP) is 2.84. The maximum absolute atomic E-state index is 12.7. The summed E-state index contributed by atoms with van der Waals surface area (Å²) in [6.45, 7) is 2.35. The van der Waals surface area contributed by atoms with Crippen LogP contribution in [0.3, 0.4) is 0 Å². The normalized spacial score (nSPS) is 11.0. The molecule has 0 saturated heterocycles. The van der Waals surface area contributed by atoms with Gasteiger partial charge in [0.05, 0.1) is 18.1 Å². The van der Waals surface area contributed by atoms with Crippen molar-refractivity contribution < 1.29 is 13.2 Å². The van der Waals surface area contributed by atoms with E-state index in [2.05, 4.69) is 4.98 Å². The van der Waals surface area contributed by atoms with E-state index in [1.165, 1.54) is 17.2 Å². The summed E-state index contributed by atoms with van der Waals surface area (Å²) in [5, 5.41) is 8.47. The van der Waals surface area contributed by atoms with Crippen LogP contribution in [0.1, 0.15) is 18.9 Å². The zero-order valence-electron chi connectivity index (χ0n) is 9.33. The Hall–Kier alpha value is -1.77. The van der Waals surface area contributed by atoms with Crippen molar-refractivity contribution in [1.29, 1.82) is 5.26 Å². The minimum atomic E-state index is -4.43. The lowest BCUT2D eigenvalue weighted by Crippen LogP contribution is -2.27. The van der Waals surface area contributed by atoms with Crippen molar-refractivity contribution in [2.75, 3.05) is 18.0 Å². The van der Waals surface area contributed by atoms with Crippen LogP contribution >= 0.6 is 0 Å². The van der Waals surface area contributed by atoms with Gasteiger partial charge >= 0.3 is 6.18 Å². The van der Waals surface area contributed by atoms with Crippen LogP contribution in [0.2, 0.25) is 0 Å². The second kappa shape index (κ2) is 5.53. The highest BCUT2D eigenvalue weighted by atomic mass is 19.4. The maximum atomic E-state index is 12.7. The lowest BCUT2D eigenvalue weighted by Gasteiger charge is -2.23. The van der Waals surface area contributed by atoms with Crippen molar-refractivity contribution in [2.24, 2.45) is 0 Å². The molecule has 6 heteroatoms. The molecule has 17 heavy (non-hydrogen) atoms. The van der Waals surface area contributed by atoms with E-state index in [0.717, 1.165) is 6.07 Å². The van der Waals surface area contributed by atoms with E-state index in [-0.39, 0.29) is 18.8 Å². The topological polar surface area (TPSA) is 39.9 Å². The summed E-state index contributed by atoms with van der Waals surface area (Å²) in [4.78, 5) is 5.22. The molecule has 0 spiro atoms. The fraction of sp³-hybridized carbons (Fsp3) is 0.455. The molecule has 0 aliphatic rings. The summed E-state index contributed by atoms with van der Waals surface area (Å²) < 4.78 is 38.2. The second-order valence-corrected chi connectivity index (χ2v) is 3.36. The highest BCUT2D eigenvalue weighted by molar-refractivity contribution is 5.48. The molecule has 92 valence electrons. The van der Waals surface area contributed by atoms with Gasteiger partial charge in [-0.3, -0.25) is 0 Å². The molecule has 0 amide bonds. The smallest absolute Gasteiger partial charge is 0.355 e. The second-order valence-electron chi connectivity index (χ2n) is 3.36. The summed E-state index contributed by atoms with van der Waals surface area (Å²) in [6, 6.07) is 4.16. The van der Waals surface area contributed by atoms with Crippen LogP contribution in [-0.2, 0) is 6.18 Å². The number of aromatic nitrogens is 1. The molecule has 1 aromatic heterocycles. The number of rotatable bonds is 4. The van der Waals surface area contributed by atoms with Gasteiger partial charge in [-0.05, 0) is 19.1 Å². The molecule has 0 fully saturated rings. The standard InChI is InChI=1S/C11H12F3N3/c1-2-17(8-4-6-15)10-9(11(12,13)14)5-3-7-16-10/h3,5,7H,2,4,8H2,1H3. The van der Waals surface area contributed by atoms with E-state index < -0.39 is 11.7 Å². The van der Waals surface area contributed by atoms with Gasteiger partial charge in [0, 0.05) is 19.3 Å². The average molecular weight is 243 g/mol. The van der Waals surface area contributed by atoms with Gasteiger partial charge in [0.2, 0.25) is 0 Å². The molecule has 0 N–H and O–H groups in total. The van der Waals surface area contributed by atoms with Gasteiger partial charge in [-0.1, -0.05) is 0 Å². The quantitative estimate of drug-likeness (QED) is 0.816. The highest BCUT2D eigenvalue weighted by Crippen LogP contribution is 2.34. The lowest BCUT2D eigenvalue weighted by atomic mass is 10.2. The molecule has 1 heterocycles. The van der Waals surface area contributed by atoms with E-state index in [4.69, 9.17) is 5.26 Å². The van der Waals surface area contributed by atoms with E-state index in [0.29, 0.717) is 6.54 Å². The van der Waals surface area contributed by atoms with E-state index in [1.807, 2.05) is 6.07 Å². The average Bonchev–Trinajstić information content (AvgIpc) is 2.29. The van der Waals surface area contributed by atoms with Gasteiger partial charge < -0.3 is 4.90 Å². The lowest BCUT2D eigenvalue weighted by molar-refractivity contribution is -0.137. The largest absolute Gasteiger partial charge is 0.419 e. The van der Waals surface area contributed by atoms with Crippen LogP contribution in [0, 0.1) is 11.3 Å². The van der Waals surface area contributed by atoms with Gasteiger partial charge in [0.15, 0.2) is 0 Å². The van der Waals surface area contributed by atoms with Gasteiger partial charge in [0.25, 0.3) is 0 Å². The van der Waals surface area contributed by atoms with Crippen molar-refractivity contribution in [3.05, 3.63) is 23.9 Å². The van der Waals surface area contributed by atoms with Crippen molar-refractivity contribution in [1.82, 2.24) is 4.98 Å². The summed E-state index contributed by atoms with van der Waals surface area (Å²) in [5.74, 6) is -0.113. The number of anilines is 1. The van der Waals surface area contributed by atoms with Crippen molar-refractivity contribution in [3.63, 3.8) is 0 Å². The summed E-state index contributed by atoms with van der Waals surface area (Å²) in [6.07, 6.45) is -2.94. The van der Waals surface area contributed by atoms with E-state index in [9.17, 15) is 13.2 Å². The number of hydrogen-bond donors (Lipinski definition) is 0. The fourth-order valence-electron chi connectivity index (χ4n) is 1.47. The molecule has 0 aliphatic heterocycles. The Bertz CT molecular complexity index is 409. The molecule has 1 rings (SSSR count). The van der Waals surface area contributed by atoms with Crippen LogP contribution in [-0.4, -0.2) is 18.1 Å². The van der Waals surface area contributed by atoms with Crippen molar-refractivity contribution in [3.8, 4) is 6.07 Å². The molecule has 0 aliphatic carbocycles. The first-order valence-electron chi connectivity index (χ1n) is 5.14. The van der Waals surface area contributed by atoms with Crippen LogP contribution in [0.4, 0.5) is 19.0 Å². The zero-order valence-corrected chi connectivity index (χ0v) is 9.33. The Kier molecular flexibility index (Phi) is 4.32.